The van der Waals surface area contributed by atoms with Crippen LogP contribution in [0.15, 0.2) is 47.5 Å². The summed E-state index contributed by atoms with van der Waals surface area (Å²) in [6.45, 7) is 2.00. The quantitative estimate of drug-likeness (QED) is 0.367. The van der Waals surface area contributed by atoms with Crippen molar-refractivity contribution < 1.29 is 9.47 Å². The number of halogens is 2. The molecule has 7 heteroatoms. The summed E-state index contributed by atoms with van der Waals surface area (Å²) in [5.74, 6) is 1.91. The van der Waals surface area contributed by atoms with E-state index in [0.29, 0.717) is 25.7 Å². The van der Waals surface area contributed by atoms with Gasteiger partial charge in [-0.05, 0) is 42.7 Å². The fourth-order valence-corrected chi connectivity index (χ4v) is 3.28. The van der Waals surface area contributed by atoms with Gasteiger partial charge >= 0.3 is 0 Å². The van der Waals surface area contributed by atoms with Gasteiger partial charge in [-0.25, -0.2) is 0 Å². The summed E-state index contributed by atoms with van der Waals surface area (Å²) in [4.78, 5) is 4.56. The number of guanidine groups is 1. The Morgan fingerprint density at radius 1 is 1.07 bits per heavy atom. The van der Waals surface area contributed by atoms with Crippen molar-refractivity contribution in [3.05, 3.63) is 53.1 Å². The summed E-state index contributed by atoms with van der Waals surface area (Å²) in [6.07, 6.45) is 3.12. The largest absolute Gasteiger partial charge is 0.490 e. The maximum absolute atomic E-state index is 6.10. The van der Waals surface area contributed by atoms with E-state index in [0.717, 1.165) is 41.5 Å². The van der Waals surface area contributed by atoms with Gasteiger partial charge in [0.05, 0.1) is 19.8 Å². The second-order valence-electron chi connectivity index (χ2n) is 6.83. The van der Waals surface area contributed by atoms with Gasteiger partial charge in [0.2, 0.25) is 0 Å². The van der Waals surface area contributed by atoms with Crippen LogP contribution in [0.1, 0.15) is 24.8 Å². The Morgan fingerprint density at radius 2 is 1.78 bits per heavy atom. The monoisotopic (exact) mass is 499 g/mol. The molecular weight excluding hydrogens is 477 g/mol. The number of anilines is 1. The van der Waals surface area contributed by atoms with Gasteiger partial charge in [0, 0.05) is 28.6 Å². The molecule has 0 saturated heterocycles. The van der Waals surface area contributed by atoms with E-state index in [-0.39, 0.29) is 29.4 Å². The summed E-state index contributed by atoms with van der Waals surface area (Å²) in [6, 6.07) is 13.7. The summed E-state index contributed by atoms with van der Waals surface area (Å²) in [5, 5.41) is 3.90. The van der Waals surface area contributed by atoms with Crippen molar-refractivity contribution >= 4 is 47.2 Å². The number of hydrogen-bond donors (Lipinski definition) is 2. The first-order chi connectivity index (χ1) is 12.6. The van der Waals surface area contributed by atoms with Crippen LogP contribution in [-0.2, 0) is 5.41 Å². The fraction of sp³-hybridized carbons (Fsp3) is 0.350. The van der Waals surface area contributed by atoms with E-state index >= 15 is 0 Å². The highest BCUT2D eigenvalue weighted by atomic mass is 127. The second-order valence-corrected chi connectivity index (χ2v) is 7.26. The van der Waals surface area contributed by atoms with Gasteiger partial charge in [0.15, 0.2) is 17.5 Å². The number of nitrogens with zero attached hydrogens (tertiary/aromatic N) is 1. The zero-order chi connectivity index (χ0) is 18.0. The van der Waals surface area contributed by atoms with Crippen molar-refractivity contribution in [1.29, 1.82) is 0 Å². The van der Waals surface area contributed by atoms with Gasteiger partial charge in [-0.15, -0.1) is 24.0 Å². The highest BCUT2D eigenvalue weighted by Gasteiger charge is 2.44. The molecule has 0 aromatic heterocycles. The molecule has 0 bridgehead atoms. The van der Waals surface area contributed by atoms with Crippen LogP contribution in [0.5, 0.6) is 11.5 Å². The van der Waals surface area contributed by atoms with Gasteiger partial charge in [-0.2, -0.15) is 0 Å². The molecule has 2 aromatic carbocycles. The standard InChI is InChI=1S/C20H22ClN3O2.HI/c21-15-4-2-14(3-5-15)20(8-9-20)13-23-19(22)24-16-6-7-17-18(12-16)26-11-1-10-25-17;/h2-7,12H,1,8-11,13H2,(H3,22,23,24);1H. The topological polar surface area (TPSA) is 68.9 Å². The molecule has 3 N–H and O–H groups in total. The lowest BCUT2D eigenvalue weighted by atomic mass is 9.96. The van der Waals surface area contributed by atoms with Crippen molar-refractivity contribution in [3.63, 3.8) is 0 Å². The first kappa shape index (κ1) is 20.1. The van der Waals surface area contributed by atoms with E-state index in [9.17, 15) is 0 Å². The predicted molar refractivity (Wildman–Crippen MR) is 120 cm³/mol. The first-order valence-electron chi connectivity index (χ1n) is 8.87. The van der Waals surface area contributed by atoms with Gasteiger partial charge in [-0.3, -0.25) is 4.99 Å². The SMILES string of the molecule is I.NC(=NCC1(c2ccc(Cl)cc2)CC1)Nc1ccc2c(c1)OCCCO2. The van der Waals surface area contributed by atoms with E-state index in [2.05, 4.69) is 22.4 Å². The van der Waals surface area contributed by atoms with Crippen LogP contribution >= 0.6 is 35.6 Å². The van der Waals surface area contributed by atoms with Crippen LogP contribution in [0.4, 0.5) is 5.69 Å². The average Bonchev–Trinajstić information content (AvgIpc) is 3.45. The van der Waals surface area contributed by atoms with Crippen molar-refractivity contribution in [1.82, 2.24) is 0 Å². The molecule has 1 heterocycles. The summed E-state index contributed by atoms with van der Waals surface area (Å²) >= 11 is 5.98. The normalized spacial score (nSPS) is 17.4. The predicted octanol–water partition coefficient (Wildman–Crippen LogP) is 4.58. The first-order valence-corrected chi connectivity index (χ1v) is 9.25. The molecule has 0 amide bonds. The lowest BCUT2D eigenvalue weighted by molar-refractivity contribution is 0.297. The highest BCUT2D eigenvalue weighted by molar-refractivity contribution is 14.0. The molecular formula is C20H23ClIN3O2. The molecule has 27 heavy (non-hydrogen) atoms. The van der Waals surface area contributed by atoms with Gasteiger partial charge in [0.25, 0.3) is 0 Å². The zero-order valence-corrected chi connectivity index (χ0v) is 18.0. The van der Waals surface area contributed by atoms with Crippen LogP contribution in [0.2, 0.25) is 5.02 Å². The average molecular weight is 500 g/mol. The van der Waals surface area contributed by atoms with E-state index in [1.54, 1.807) is 0 Å². The van der Waals surface area contributed by atoms with Crippen LogP contribution in [0.3, 0.4) is 0 Å². The molecule has 1 fully saturated rings. The molecule has 2 aliphatic rings. The molecule has 144 valence electrons. The van der Waals surface area contributed by atoms with Crippen molar-refractivity contribution in [2.75, 3.05) is 25.1 Å². The molecule has 0 spiro atoms. The molecule has 0 radical (unpaired) electrons. The van der Waals surface area contributed by atoms with E-state index in [1.807, 2.05) is 30.3 Å². The number of rotatable bonds is 4. The minimum atomic E-state index is 0. The summed E-state index contributed by atoms with van der Waals surface area (Å²) < 4.78 is 11.3. The lowest BCUT2D eigenvalue weighted by Gasteiger charge is -2.14. The maximum atomic E-state index is 6.10. The Kier molecular flexibility index (Phi) is 6.37. The number of nitrogens with one attached hydrogen (secondary N) is 1. The molecule has 4 rings (SSSR count). The molecule has 2 aromatic rings. The zero-order valence-electron chi connectivity index (χ0n) is 14.9. The summed E-state index contributed by atoms with van der Waals surface area (Å²) in [7, 11) is 0. The van der Waals surface area contributed by atoms with Crippen LogP contribution in [-0.4, -0.2) is 25.7 Å². The number of ether oxygens (including phenoxy) is 2. The molecule has 1 saturated carbocycles. The number of nitrogens with two attached hydrogens (primary N) is 1. The smallest absolute Gasteiger partial charge is 0.193 e. The van der Waals surface area contributed by atoms with Crippen LogP contribution in [0.25, 0.3) is 0 Å². The van der Waals surface area contributed by atoms with Crippen LogP contribution < -0.4 is 20.5 Å². The van der Waals surface area contributed by atoms with Crippen molar-refractivity contribution in [2.45, 2.75) is 24.7 Å². The van der Waals surface area contributed by atoms with Gasteiger partial charge < -0.3 is 20.5 Å². The minimum absolute atomic E-state index is 0. The van der Waals surface area contributed by atoms with Crippen molar-refractivity contribution in [2.24, 2.45) is 10.7 Å². The highest BCUT2D eigenvalue weighted by Crippen LogP contribution is 2.48. The van der Waals surface area contributed by atoms with E-state index in [4.69, 9.17) is 26.8 Å². The van der Waals surface area contributed by atoms with Gasteiger partial charge in [0.1, 0.15) is 0 Å². The third kappa shape index (κ3) is 4.79. The Hall–Kier alpha value is -1.67. The van der Waals surface area contributed by atoms with E-state index in [1.165, 1.54) is 5.56 Å². The number of aliphatic imine (C=N–C) groups is 1. The minimum Gasteiger partial charge on any atom is -0.490 e. The molecule has 5 nitrogen and oxygen atoms in total. The fourth-order valence-electron chi connectivity index (χ4n) is 3.16. The Bertz CT molecular complexity index is 822. The lowest BCUT2D eigenvalue weighted by Crippen LogP contribution is -2.25. The second kappa shape index (κ2) is 8.56. The Balaban J connectivity index is 0.00000210. The van der Waals surface area contributed by atoms with Crippen LogP contribution in [0, 0.1) is 0 Å². The third-order valence-corrected chi connectivity index (χ3v) is 5.13. The number of hydrogen-bond acceptors (Lipinski definition) is 3. The van der Waals surface area contributed by atoms with Crippen molar-refractivity contribution in [3.8, 4) is 11.5 Å². The maximum Gasteiger partial charge on any atom is 0.193 e. The van der Waals surface area contributed by atoms with E-state index < -0.39 is 0 Å². The molecule has 1 aliphatic carbocycles. The number of benzene rings is 2. The molecule has 0 unspecified atom stereocenters. The third-order valence-electron chi connectivity index (χ3n) is 4.88. The Morgan fingerprint density at radius 3 is 2.48 bits per heavy atom. The molecule has 1 aliphatic heterocycles. The van der Waals surface area contributed by atoms with Gasteiger partial charge in [-0.1, -0.05) is 23.7 Å². The summed E-state index contributed by atoms with van der Waals surface area (Å²) in [5.41, 5.74) is 8.31. The number of fused-ring (bicyclic) bond motifs is 1. The Labute approximate surface area is 181 Å². The molecule has 0 atom stereocenters.